The fraction of sp³-hybridized carbons (Fsp3) is 0.913. The summed E-state index contributed by atoms with van der Waals surface area (Å²) in [5, 5.41) is 20.0. The Morgan fingerprint density at radius 2 is 1.70 bits per heavy atom. The quantitative estimate of drug-likeness (QED) is 0.666. The Kier molecular flexibility index (Phi) is 9.28. The lowest BCUT2D eigenvalue weighted by atomic mass is 9.83. The molecule has 7 heteroatoms. The Morgan fingerprint density at radius 3 is 2.30 bits per heavy atom. The fourth-order valence-electron chi connectivity index (χ4n) is 4.65. The highest BCUT2D eigenvalue weighted by atomic mass is 16.7. The summed E-state index contributed by atoms with van der Waals surface area (Å²) in [6, 6.07) is 0. The molecule has 0 bridgehead atoms. The van der Waals surface area contributed by atoms with Crippen molar-refractivity contribution in [2.24, 2.45) is 23.7 Å². The SMILES string of the molecule is CCC1OC(=O)[C@H](C)C(O[C@@H]2C[C@H](O)[C@@H](O)[C@H](C)O2)[C@@H](C)C[C@@H](C)C(=O)CC[C@H]1C. The van der Waals surface area contributed by atoms with Crippen molar-refractivity contribution in [1.82, 2.24) is 0 Å². The Labute approximate surface area is 180 Å². The first kappa shape index (κ1) is 25.2. The minimum Gasteiger partial charge on any atom is -0.462 e. The summed E-state index contributed by atoms with van der Waals surface area (Å²) in [5.74, 6) is -0.744. The van der Waals surface area contributed by atoms with Crippen LogP contribution in [0.5, 0.6) is 0 Å². The van der Waals surface area contributed by atoms with Crippen molar-refractivity contribution in [3.63, 3.8) is 0 Å². The molecule has 0 radical (unpaired) electrons. The summed E-state index contributed by atoms with van der Waals surface area (Å²) in [5.41, 5.74) is 0. The molecule has 174 valence electrons. The molecule has 10 atom stereocenters. The van der Waals surface area contributed by atoms with E-state index in [1.54, 1.807) is 13.8 Å². The highest BCUT2D eigenvalue weighted by molar-refractivity contribution is 5.80. The van der Waals surface area contributed by atoms with E-state index in [1.807, 2.05) is 27.7 Å². The molecular formula is C23H40O7. The van der Waals surface area contributed by atoms with Gasteiger partial charge < -0.3 is 24.4 Å². The van der Waals surface area contributed by atoms with E-state index < -0.39 is 36.6 Å². The number of aliphatic hydroxyl groups is 2. The van der Waals surface area contributed by atoms with Crippen molar-refractivity contribution in [1.29, 1.82) is 0 Å². The fourth-order valence-corrected chi connectivity index (χ4v) is 4.65. The molecule has 2 aliphatic heterocycles. The first-order valence-electron chi connectivity index (χ1n) is 11.4. The normalized spacial score (nSPS) is 44.7. The maximum Gasteiger partial charge on any atom is 0.311 e. The number of cyclic esters (lactones) is 1. The van der Waals surface area contributed by atoms with Crippen LogP contribution in [0.15, 0.2) is 0 Å². The number of ether oxygens (including phenoxy) is 3. The van der Waals surface area contributed by atoms with Gasteiger partial charge in [0.1, 0.15) is 18.0 Å². The van der Waals surface area contributed by atoms with E-state index in [1.165, 1.54) is 0 Å². The minimum absolute atomic E-state index is 0.0914. The van der Waals surface area contributed by atoms with Crippen molar-refractivity contribution in [3.05, 3.63) is 0 Å². The lowest BCUT2D eigenvalue weighted by molar-refractivity contribution is -0.270. The first-order valence-corrected chi connectivity index (χ1v) is 11.4. The number of rotatable bonds is 3. The van der Waals surface area contributed by atoms with Gasteiger partial charge in [0.2, 0.25) is 0 Å². The van der Waals surface area contributed by atoms with Gasteiger partial charge in [0, 0.05) is 18.8 Å². The number of carbonyl (C=O) groups is 2. The molecule has 2 aliphatic rings. The van der Waals surface area contributed by atoms with E-state index in [2.05, 4.69) is 0 Å². The zero-order chi connectivity index (χ0) is 22.6. The Hall–Kier alpha value is -1.02. The van der Waals surface area contributed by atoms with Gasteiger partial charge in [-0.3, -0.25) is 9.59 Å². The molecule has 0 aromatic rings. The number of hydrogen-bond acceptors (Lipinski definition) is 7. The Bertz CT molecular complexity index is 568. The van der Waals surface area contributed by atoms with Gasteiger partial charge in [0.05, 0.1) is 24.2 Å². The molecule has 0 aromatic heterocycles. The lowest BCUT2D eigenvalue weighted by Gasteiger charge is -2.39. The highest BCUT2D eigenvalue weighted by Gasteiger charge is 2.40. The molecular weight excluding hydrogens is 388 g/mol. The summed E-state index contributed by atoms with van der Waals surface area (Å²) in [7, 11) is 0. The summed E-state index contributed by atoms with van der Waals surface area (Å²) in [4.78, 5) is 25.6. The predicted molar refractivity (Wildman–Crippen MR) is 112 cm³/mol. The second kappa shape index (κ2) is 11.0. The van der Waals surface area contributed by atoms with Gasteiger partial charge >= 0.3 is 5.97 Å². The molecule has 2 fully saturated rings. The van der Waals surface area contributed by atoms with E-state index in [-0.39, 0.29) is 42.0 Å². The molecule has 0 aromatic carbocycles. The van der Waals surface area contributed by atoms with Crippen molar-refractivity contribution in [2.45, 2.75) is 110 Å². The molecule has 0 aliphatic carbocycles. The monoisotopic (exact) mass is 428 g/mol. The Balaban J connectivity index is 2.23. The smallest absolute Gasteiger partial charge is 0.311 e. The van der Waals surface area contributed by atoms with Crippen LogP contribution < -0.4 is 0 Å². The Morgan fingerprint density at radius 1 is 1.03 bits per heavy atom. The van der Waals surface area contributed by atoms with Crippen LogP contribution in [0.3, 0.4) is 0 Å². The third kappa shape index (κ3) is 6.25. The average molecular weight is 429 g/mol. The minimum atomic E-state index is -0.967. The van der Waals surface area contributed by atoms with Gasteiger partial charge in [-0.2, -0.15) is 0 Å². The van der Waals surface area contributed by atoms with Gasteiger partial charge in [-0.25, -0.2) is 0 Å². The van der Waals surface area contributed by atoms with Crippen LogP contribution in [0, 0.1) is 23.7 Å². The highest BCUT2D eigenvalue weighted by Crippen LogP contribution is 2.32. The van der Waals surface area contributed by atoms with Gasteiger partial charge in [-0.1, -0.05) is 27.7 Å². The van der Waals surface area contributed by atoms with Crippen molar-refractivity contribution in [2.75, 3.05) is 0 Å². The molecule has 0 amide bonds. The molecule has 0 saturated carbocycles. The van der Waals surface area contributed by atoms with Crippen molar-refractivity contribution < 1.29 is 34.0 Å². The number of Topliss-reactive ketones (excluding diaryl/α,β-unsaturated/α-hetero) is 1. The standard InChI is InChI=1S/C23H40O7/c1-7-19-12(2)8-9-17(24)13(3)10-14(4)22(15(5)23(27)29-19)30-20-11-18(25)21(26)16(6)28-20/h12-16,18-22,25-26H,7-11H2,1-6H3/t12-,13-,14+,15-,16+,18+,19?,20-,21+,22?/m1/s1. The van der Waals surface area contributed by atoms with E-state index >= 15 is 0 Å². The maximum absolute atomic E-state index is 13.0. The topological polar surface area (TPSA) is 102 Å². The van der Waals surface area contributed by atoms with Crippen LogP contribution in [0.25, 0.3) is 0 Å². The molecule has 2 heterocycles. The van der Waals surface area contributed by atoms with Crippen LogP contribution in [-0.2, 0) is 23.8 Å². The molecule has 30 heavy (non-hydrogen) atoms. The first-order chi connectivity index (χ1) is 14.0. The van der Waals surface area contributed by atoms with Crippen molar-refractivity contribution >= 4 is 11.8 Å². The third-order valence-electron chi connectivity index (χ3n) is 6.84. The van der Waals surface area contributed by atoms with E-state index in [0.717, 1.165) is 0 Å². The zero-order valence-corrected chi connectivity index (χ0v) is 19.2. The van der Waals surface area contributed by atoms with E-state index in [0.29, 0.717) is 25.7 Å². The van der Waals surface area contributed by atoms with Gasteiger partial charge in [0.25, 0.3) is 0 Å². The largest absolute Gasteiger partial charge is 0.462 e. The lowest BCUT2D eigenvalue weighted by Crippen LogP contribution is -2.50. The van der Waals surface area contributed by atoms with Gasteiger partial charge in [-0.15, -0.1) is 0 Å². The van der Waals surface area contributed by atoms with Gasteiger partial charge in [-0.05, 0) is 44.9 Å². The molecule has 2 saturated heterocycles. The maximum atomic E-state index is 13.0. The number of hydrogen-bond donors (Lipinski definition) is 2. The second-order valence-corrected chi connectivity index (χ2v) is 9.43. The summed E-state index contributed by atoms with van der Waals surface area (Å²) in [6.45, 7) is 11.4. The third-order valence-corrected chi connectivity index (χ3v) is 6.84. The molecule has 2 rings (SSSR count). The van der Waals surface area contributed by atoms with Crippen LogP contribution in [0.4, 0.5) is 0 Å². The van der Waals surface area contributed by atoms with Crippen LogP contribution in [0.2, 0.25) is 0 Å². The summed E-state index contributed by atoms with van der Waals surface area (Å²) >= 11 is 0. The number of esters is 1. The zero-order valence-electron chi connectivity index (χ0n) is 19.2. The van der Waals surface area contributed by atoms with Crippen LogP contribution in [0.1, 0.15) is 73.6 Å². The summed E-state index contributed by atoms with van der Waals surface area (Å²) in [6.07, 6.45) is -1.38. The second-order valence-electron chi connectivity index (χ2n) is 9.43. The number of ketones is 1. The van der Waals surface area contributed by atoms with E-state index in [9.17, 15) is 19.8 Å². The molecule has 7 nitrogen and oxygen atoms in total. The average Bonchev–Trinajstić information content (AvgIpc) is 2.70. The van der Waals surface area contributed by atoms with Crippen LogP contribution in [-0.4, -0.2) is 58.8 Å². The van der Waals surface area contributed by atoms with Gasteiger partial charge in [0.15, 0.2) is 6.29 Å². The molecule has 2 unspecified atom stereocenters. The number of carbonyl (C=O) groups excluding carboxylic acids is 2. The molecule has 0 spiro atoms. The van der Waals surface area contributed by atoms with Crippen LogP contribution >= 0.6 is 0 Å². The predicted octanol–water partition coefficient (Wildman–Crippen LogP) is 2.85. The molecule has 2 N–H and O–H groups in total. The van der Waals surface area contributed by atoms with E-state index in [4.69, 9.17) is 14.2 Å². The summed E-state index contributed by atoms with van der Waals surface area (Å²) < 4.78 is 17.8. The van der Waals surface area contributed by atoms with Crippen molar-refractivity contribution in [3.8, 4) is 0 Å². The number of aliphatic hydroxyl groups excluding tert-OH is 2.